The minimum Gasteiger partial charge on any atom is -0.454 e. The van der Waals surface area contributed by atoms with Crippen LogP contribution in [0.25, 0.3) is 0 Å². The number of hydrogen-bond donors (Lipinski definition) is 2. The van der Waals surface area contributed by atoms with Gasteiger partial charge in [0.1, 0.15) is 0 Å². The molecule has 1 amide bonds. The lowest BCUT2D eigenvalue weighted by molar-refractivity contribution is -0.123. The van der Waals surface area contributed by atoms with Gasteiger partial charge in [-0.2, -0.15) is 0 Å². The summed E-state index contributed by atoms with van der Waals surface area (Å²) in [6.07, 6.45) is 3.71. The SMILES string of the molecule is O=C(NCc1ccc2c(c1)OCO2)C1NCC2CCCC21. The van der Waals surface area contributed by atoms with Crippen LogP contribution in [0.4, 0.5) is 0 Å². The van der Waals surface area contributed by atoms with Crippen molar-refractivity contribution in [3.05, 3.63) is 23.8 Å². The molecular formula is C16H20N2O3. The highest BCUT2D eigenvalue weighted by atomic mass is 16.7. The van der Waals surface area contributed by atoms with E-state index in [0.29, 0.717) is 18.4 Å². The average molecular weight is 288 g/mol. The Kier molecular flexibility index (Phi) is 3.22. The van der Waals surface area contributed by atoms with Crippen LogP contribution in [0, 0.1) is 11.8 Å². The highest BCUT2D eigenvalue weighted by Gasteiger charge is 2.42. The van der Waals surface area contributed by atoms with Gasteiger partial charge in [-0.15, -0.1) is 0 Å². The number of rotatable bonds is 3. The Hall–Kier alpha value is -1.75. The predicted octanol–water partition coefficient (Wildman–Crippen LogP) is 1.42. The number of benzene rings is 1. The topological polar surface area (TPSA) is 59.6 Å². The fourth-order valence-electron chi connectivity index (χ4n) is 3.82. The molecule has 0 aromatic heterocycles. The fraction of sp³-hybridized carbons (Fsp3) is 0.562. The molecule has 1 aromatic carbocycles. The minimum absolute atomic E-state index is 0.00786. The first kappa shape index (κ1) is 13.0. The van der Waals surface area contributed by atoms with E-state index in [9.17, 15) is 4.79 Å². The van der Waals surface area contributed by atoms with Gasteiger partial charge in [-0.05, 0) is 48.9 Å². The molecule has 0 bridgehead atoms. The lowest BCUT2D eigenvalue weighted by Crippen LogP contribution is -2.43. The standard InChI is InChI=1S/C16H20N2O3/c19-16(15-12-3-1-2-11(12)8-17-15)18-7-10-4-5-13-14(6-10)21-9-20-13/h4-6,11-12,15,17H,1-3,7-9H2,(H,18,19). The van der Waals surface area contributed by atoms with Gasteiger partial charge in [0.05, 0.1) is 6.04 Å². The van der Waals surface area contributed by atoms with Crippen LogP contribution >= 0.6 is 0 Å². The molecule has 0 spiro atoms. The summed E-state index contributed by atoms with van der Waals surface area (Å²) in [5, 5.41) is 6.43. The zero-order chi connectivity index (χ0) is 14.2. The van der Waals surface area contributed by atoms with Crippen LogP contribution < -0.4 is 20.1 Å². The smallest absolute Gasteiger partial charge is 0.237 e. The van der Waals surface area contributed by atoms with Crippen molar-refractivity contribution in [1.82, 2.24) is 10.6 Å². The Balaban J connectivity index is 1.37. The normalized spacial score (nSPS) is 29.4. The second kappa shape index (κ2) is 5.22. The molecule has 4 rings (SSSR count). The zero-order valence-electron chi connectivity index (χ0n) is 11.9. The van der Waals surface area contributed by atoms with Gasteiger partial charge in [0.2, 0.25) is 12.7 Å². The van der Waals surface area contributed by atoms with Crippen LogP contribution in [0.5, 0.6) is 11.5 Å². The molecule has 0 radical (unpaired) electrons. The van der Waals surface area contributed by atoms with Crippen LogP contribution in [0.1, 0.15) is 24.8 Å². The summed E-state index contributed by atoms with van der Waals surface area (Å²) in [6, 6.07) is 5.79. The van der Waals surface area contributed by atoms with Gasteiger partial charge >= 0.3 is 0 Å². The van der Waals surface area contributed by atoms with Crippen LogP contribution in [0.15, 0.2) is 18.2 Å². The van der Waals surface area contributed by atoms with Gasteiger partial charge in [0.15, 0.2) is 11.5 Å². The molecule has 21 heavy (non-hydrogen) atoms. The zero-order valence-corrected chi connectivity index (χ0v) is 11.9. The van der Waals surface area contributed by atoms with Gasteiger partial charge in [-0.1, -0.05) is 12.5 Å². The maximum absolute atomic E-state index is 12.4. The quantitative estimate of drug-likeness (QED) is 0.883. The Morgan fingerprint density at radius 1 is 1.29 bits per heavy atom. The van der Waals surface area contributed by atoms with Crippen molar-refractivity contribution in [3.8, 4) is 11.5 Å². The average Bonchev–Trinajstić information content (AvgIpc) is 3.19. The number of ether oxygens (including phenoxy) is 2. The molecule has 3 atom stereocenters. The van der Waals surface area contributed by atoms with E-state index >= 15 is 0 Å². The van der Waals surface area contributed by atoms with Crippen LogP contribution in [0.2, 0.25) is 0 Å². The Labute approximate surface area is 124 Å². The highest BCUT2D eigenvalue weighted by Crippen LogP contribution is 2.37. The van der Waals surface area contributed by atoms with E-state index in [0.717, 1.165) is 23.6 Å². The molecular weight excluding hydrogens is 268 g/mol. The van der Waals surface area contributed by atoms with Gasteiger partial charge in [-0.3, -0.25) is 4.79 Å². The first-order chi connectivity index (χ1) is 10.3. The molecule has 2 aliphatic heterocycles. The Morgan fingerprint density at radius 2 is 2.19 bits per heavy atom. The molecule has 1 aliphatic carbocycles. The fourth-order valence-corrected chi connectivity index (χ4v) is 3.82. The number of fused-ring (bicyclic) bond motifs is 2. The van der Waals surface area contributed by atoms with E-state index in [1.54, 1.807) is 0 Å². The largest absolute Gasteiger partial charge is 0.454 e. The summed E-state index contributed by atoms with van der Waals surface area (Å²) in [4.78, 5) is 12.4. The molecule has 5 heteroatoms. The number of amides is 1. The van der Waals surface area contributed by atoms with Gasteiger partial charge in [0.25, 0.3) is 0 Å². The van der Waals surface area contributed by atoms with Crippen molar-refractivity contribution in [2.75, 3.05) is 13.3 Å². The molecule has 3 aliphatic rings. The third-order valence-electron chi connectivity index (χ3n) is 4.93. The predicted molar refractivity (Wildman–Crippen MR) is 77.0 cm³/mol. The second-order valence-electron chi connectivity index (χ2n) is 6.15. The van der Waals surface area contributed by atoms with Gasteiger partial charge in [0, 0.05) is 6.54 Å². The molecule has 2 fully saturated rings. The molecule has 1 saturated carbocycles. The van der Waals surface area contributed by atoms with Crippen molar-refractivity contribution in [3.63, 3.8) is 0 Å². The monoisotopic (exact) mass is 288 g/mol. The first-order valence-corrected chi connectivity index (χ1v) is 7.71. The van der Waals surface area contributed by atoms with Gasteiger partial charge in [-0.25, -0.2) is 0 Å². The first-order valence-electron chi connectivity index (χ1n) is 7.71. The van der Waals surface area contributed by atoms with Crippen molar-refractivity contribution < 1.29 is 14.3 Å². The van der Waals surface area contributed by atoms with E-state index in [1.165, 1.54) is 19.3 Å². The molecule has 1 aromatic rings. The van der Waals surface area contributed by atoms with Crippen LogP contribution in [-0.4, -0.2) is 25.3 Å². The summed E-state index contributed by atoms with van der Waals surface area (Å²) >= 11 is 0. The van der Waals surface area contributed by atoms with Gasteiger partial charge < -0.3 is 20.1 Å². The third-order valence-corrected chi connectivity index (χ3v) is 4.93. The van der Waals surface area contributed by atoms with Crippen molar-refractivity contribution >= 4 is 5.91 Å². The van der Waals surface area contributed by atoms with E-state index in [2.05, 4.69) is 10.6 Å². The Bertz CT molecular complexity index is 560. The molecule has 1 saturated heterocycles. The van der Waals surface area contributed by atoms with Crippen molar-refractivity contribution in [2.45, 2.75) is 31.8 Å². The third kappa shape index (κ3) is 2.35. The number of carbonyl (C=O) groups excluding carboxylic acids is 1. The minimum atomic E-state index is -0.00786. The van der Waals surface area contributed by atoms with E-state index in [4.69, 9.17) is 9.47 Å². The van der Waals surface area contributed by atoms with E-state index in [1.807, 2.05) is 18.2 Å². The summed E-state index contributed by atoms with van der Waals surface area (Å²) in [6.45, 7) is 1.80. The van der Waals surface area contributed by atoms with Crippen molar-refractivity contribution in [1.29, 1.82) is 0 Å². The van der Waals surface area contributed by atoms with Crippen LogP contribution in [0.3, 0.4) is 0 Å². The Morgan fingerprint density at radius 3 is 3.14 bits per heavy atom. The summed E-state index contributed by atoms with van der Waals surface area (Å²) in [7, 11) is 0. The van der Waals surface area contributed by atoms with E-state index in [-0.39, 0.29) is 18.7 Å². The maximum Gasteiger partial charge on any atom is 0.237 e. The summed E-state index contributed by atoms with van der Waals surface area (Å²) < 4.78 is 10.6. The lowest BCUT2D eigenvalue weighted by atomic mass is 9.93. The highest BCUT2D eigenvalue weighted by molar-refractivity contribution is 5.82. The molecule has 3 unspecified atom stereocenters. The number of carbonyl (C=O) groups is 1. The number of nitrogens with one attached hydrogen (secondary N) is 2. The summed E-state index contributed by atoms with van der Waals surface area (Å²) in [5.74, 6) is 2.89. The lowest BCUT2D eigenvalue weighted by Gasteiger charge is -2.17. The molecule has 5 nitrogen and oxygen atoms in total. The van der Waals surface area contributed by atoms with Crippen molar-refractivity contribution in [2.24, 2.45) is 11.8 Å². The molecule has 2 N–H and O–H groups in total. The van der Waals surface area contributed by atoms with Crippen LogP contribution in [-0.2, 0) is 11.3 Å². The van der Waals surface area contributed by atoms with E-state index < -0.39 is 0 Å². The molecule has 2 heterocycles. The molecule has 112 valence electrons. The number of hydrogen-bond acceptors (Lipinski definition) is 4. The summed E-state index contributed by atoms with van der Waals surface area (Å²) in [5.41, 5.74) is 1.04. The maximum atomic E-state index is 12.4. The second-order valence-corrected chi connectivity index (χ2v) is 6.15.